The van der Waals surface area contributed by atoms with E-state index < -0.39 is 0 Å². The molecule has 0 aliphatic heterocycles. The predicted molar refractivity (Wildman–Crippen MR) is 109 cm³/mol. The van der Waals surface area contributed by atoms with Crippen molar-refractivity contribution in [2.24, 2.45) is 0 Å². The fraction of sp³-hybridized carbons (Fsp3) is 0.0909. The fourth-order valence-electron chi connectivity index (χ4n) is 2.84. The van der Waals surface area contributed by atoms with E-state index >= 15 is 0 Å². The van der Waals surface area contributed by atoms with Gasteiger partial charge in [-0.05, 0) is 48.4 Å². The van der Waals surface area contributed by atoms with Gasteiger partial charge in [0.1, 0.15) is 5.52 Å². The van der Waals surface area contributed by atoms with Crippen LogP contribution < -0.4 is 5.32 Å². The van der Waals surface area contributed by atoms with Gasteiger partial charge >= 0.3 is 0 Å². The molecule has 1 N–H and O–H groups in total. The van der Waals surface area contributed by atoms with Crippen LogP contribution in [-0.2, 0) is 5.75 Å². The van der Waals surface area contributed by atoms with Crippen LogP contribution in [0.1, 0.15) is 21.5 Å². The first-order valence-corrected chi connectivity index (χ1v) is 9.62. The van der Waals surface area contributed by atoms with Crippen molar-refractivity contribution >= 4 is 34.5 Å². The molecule has 27 heavy (non-hydrogen) atoms. The number of benzene rings is 3. The Kier molecular flexibility index (Phi) is 4.94. The van der Waals surface area contributed by atoms with Crippen LogP contribution in [0.2, 0.25) is 0 Å². The summed E-state index contributed by atoms with van der Waals surface area (Å²) in [5.41, 5.74) is 5.10. The Bertz CT molecular complexity index is 1070. The number of hydrogen-bond donors (Lipinski definition) is 1. The molecule has 0 atom stereocenters. The topological polar surface area (TPSA) is 55.1 Å². The molecule has 1 amide bonds. The lowest BCUT2D eigenvalue weighted by atomic mass is 10.1. The van der Waals surface area contributed by atoms with Gasteiger partial charge in [0.2, 0.25) is 0 Å². The van der Waals surface area contributed by atoms with Gasteiger partial charge in [-0.3, -0.25) is 4.79 Å². The minimum absolute atomic E-state index is 0.116. The van der Waals surface area contributed by atoms with Crippen LogP contribution in [0.3, 0.4) is 0 Å². The zero-order chi connectivity index (χ0) is 18.6. The van der Waals surface area contributed by atoms with Crippen molar-refractivity contribution in [2.75, 3.05) is 5.32 Å². The predicted octanol–water partition coefficient (Wildman–Crippen LogP) is 5.68. The SMILES string of the molecule is Cc1cccc(NC(=O)c2ccccc2CSc2nc3ccccc3o2)c1. The van der Waals surface area contributed by atoms with Crippen LogP contribution in [0, 0.1) is 6.92 Å². The van der Waals surface area contributed by atoms with Crippen LogP contribution in [0.5, 0.6) is 0 Å². The van der Waals surface area contributed by atoms with Crippen molar-refractivity contribution in [2.45, 2.75) is 17.9 Å². The van der Waals surface area contributed by atoms with Gasteiger partial charge in [-0.2, -0.15) is 0 Å². The number of fused-ring (bicyclic) bond motifs is 1. The Labute approximate surface area is 161 Å². The number of amides is 1. The first-order valence-electron chi connectivity index (χ1n) is 8.63. The van der Waals surface area contributed by atoms with Gasteiger partial charge in [0.05, 0.1) is 0 Å². The summed E-state index contributed by atoms with van der Waals surface area (Å²) in [5.74, 6) is 0.485. The molecular formula is C22H18N2O2S. The molecule has 134 valence electrons. The van der Waals surface area contributed by atoms with Crippen LogP contribution in [0.4, 0.5) is 5.69 Å². The highest BCUT2D eigenvalue weighted by Gasteiger charge is 2.13. The highest BCUT2D eigenvalue weighted by atomic mass is 32.2. The Morgan fingerprint density at radius 2 is 1.85 bits per heavy atom. The third kappa shape index (κ3) is 4.04. The molecule has 4 aromatic rings. The number of oxazole rings is 1. The number of aryl methyl sites for hydroxylation is 1. The molecule has 3 aromatic carbocycles. The molecule has 4 nitrogen and oxygen atoms in total. The number of thioether (sulfide) groups is 1. The summed E-state index contributed by atoms with van der Waals surface area (Å²) < 4.78 is 5.75. The maximum Gasteiger partial charge on any atom is 0.257 e. The lowest BCUT2D eigenvalue weighted by Crippen LogP contribution is -2.14. The first-order chi connectivity index (χ1) is 13.2. The number of rotatable bonds is 5. The smallest absolute Gasteiger partial charge is 0.257 e. The number of carbonyl (C=O) groups excluding carboxylic acids is 1. The molecule has 0 saturated heterocycles. The van der Waals surface area contributed by atoms with Crippen molar-refractivity contribution in [1.29, 1.82) is 0 Å². The summed E-state index contributed by atoms with van der Waals surface area (Å²) in [4.78, 5) is 17.2. The van der Waals surface area contributed by atoms with Crippen molar-refractivity contribution < 1.29 is 9.21 Å². The lowest BCUT2D eigenvalue weighted by molar-refractivity contribution is 0.102. The molecule has 4 rings (SSSR count). The number of anilines is 1. The van der Waals surface area contributed by atoms with Gasteiger partial charge in [0.25, 0.3) is 11.1 Å². The quantitative estimate of drug-likeness (QED) is 0.457. The second-order valence-corrected chi connectivity index (χ2v) is 7.14. The number of nitrogens with zero attached hydrogens (tertiary/aromatic N) is 1. The fourth-order valence-corrected chi connectivity index (χ4v) is 3.68. The molecule has 1 aromatic heterocycles. The number of aromatic nitrogens is 1. The lowest BCUT2D eigenvalue weighted by Gasteiger charge is -2.10. The van der Waals surface area contributed by atoms with Crippen LogP contribution in [-0.4, -0.2) is 10.9 Å². The molecule has 0 aliphatic carbocycles. The highest BCUT2D eigenvalue weighted by Crippen LogP contribution is 2.27. The Morgan fingerprint density at radius 1 is 1.04 bits per heavy atom. The number of carbonyl (C=O) groups is 1. The van der Waals surface area contributed by atoms with Gasteiger partial charge < -0.3 is 9.73 Å². The summed E-state index contributed by atoms with van der Waals surface area (Å²) >= 11 is 1.48. The van der Waals surface area contributed by atoms with Crippen molar-refractivity contribution in [3.05, 3.63) is 89.5 Å². The molecule has 1 heterocycles. The van der Waals surface area contributed by atoms with Crippen molar-refractivity contribution in [1.82, 2.24) is 4.98 Å². The largest absolute Gasteiger partial charge is 0.431 e. The minimum Gasteiger partial charge on any atom is -0.431 e. The molecular weight excluding hydrogens is 356 g/mol. The summed E-state index contributed by atoms with van der Waals surface area (Å²) in [5, 5.41) is 3.57. The van der Waals surface area contributed by atoms with E-state index in [9.17, 15) is 4.79 Å². The van der Waals surface area contributed by atoms with Crippen LogP contribution in [0.25, 0.3) is 11.1 Å². The zero-order valence-corrected chi connectivity index (χ0v) is 15.6. The van der Waals surface area contributed by atoms with Crippen molar-refractivity contribution in [3.63, 3.8) is 0 Å². The molecule has 0 saturated carbocycles. The zero-order valence-electron chi connectivity index (χ0n) is 14.8. The van der Waals surface area contributed by atoms with E-state index in [1.54, 1.807) is 0 Å². The van der Waals surface area contributed by atoms with Gasteiger partial charge in [0, 0.05) is 17.0 Å². The van der Waals surface area contributed by atoms with E-state index in [0.717, 1.165) is 27.9 Å². The maximum absolute atomic E-state index is 12.7. The third-order valence-electron chi connectivity index (χ3n) is 4.16. The minimum atomic E-state index is -0.116. The number of para-hydroxylation sites is 2. The van der Waals surface area contributed by atoms with Gasteiger partial charge in [0.15, 0.2) is 5.58 Å². The molecule has 5 heteroatoms. The van der Waals surface area contributed by atoms with Crippen LogP contribution >= 0.6 is 11.8 Å². The normalized spacial score (nSPS) is 10.9. The van der Waals surface area contributed by atoms with E-state index in [0.29, 0.717) is 16.5 Å². The monoisotopic (exact) mass is 374 g/mol. The van der Waals surface area contributed by atoms with E-state index in [-0.39, 0.29) is 5.91 Å². The van der Waals surface area contributed by atoms with Gasteiger partial charge in [-0.1, -0.05) is 54.2 Å². The molecule has 0 fully saturated rings. The van der Waals surface area contributed by atoms with Crippen LogP contribution in [0.15, 0.2) is 82.4 Å². The standard InChI is InChI=1S/C22H18N2O2S/c1-15-7-6-9-17(13-15)23-21(25)18-10-3-2-8-16(18)14-27-22-24-19-11-4-5-12-20(19)26-22/h2-13H,14H2,1H3,(H,23,25). The summed E-state index contributed by atoms with van der Waals surface area (Å²) in [7, 11) is 0. The Morgan fingerprint density at radius 3 is 2.70 bits per heavy atom. The van der Waals surface area contributed by atoms with Gasteiger partial charge in [-0.15, -0.1) is 0 Å². The first kappa shape index (κ1) is 17.4. The van der Waals surface area contributed by atoms with Gasteiger partial charge in [-0.25, -0.2) is 4.98 Å². The highest BCUT2D eigenvalue weighted by molar-refractivity contribution is 7.98. The second kappa shape index (κ2) is 7.68. The Hall–Kier alpha value is -3.05. The molecule has 0 aliphatic rings. The summed E-state index contributed by atoms with van der Waals surface area (Å²) in [6.07, 6.45) is 0. The average Bonchev–Trinajstić information content (AvgIpc) is 3.09. The summed E-state index contributed by atoms with van der Waals surface area (Å²) in [6.45, 7) is 2.00. The van der Waals surface area contributed by atoms with E-state index in [1.807, 2.05) is 79.7 Å². The van der Waals surface area contributed by atoms with Crippen molar-refractivity contribution in [3.8, 4) is 0 Å². The Balaban J connectivity index is 1.51. The molecule has 0 radical (unpaired) electrons. The number of nitrogens with one attached hydrogen (secondary N) is 1. The van der Waals surface area contributed by atoms with E-state index in [4.69, 9.17) is 4.42 Å². The molecule has 0 spiro atoms. The molecule has 0 unspecified atom stereocenters. The summed E-state index contributed by atoms with van der Waals surface area (Å²) in [6, 6.07) is 23.1. The second-order valence-electron chi connectivity index (χ2n) is 6.22. The number of hydrogen-bond acceptors (Lipinski definition) is 4. The third-order valence-corrected chi connectivity index (χ3v) is 5.04. The average molecular weight is 374 g/mol. The molecule has 0 bridgehead atoms. The maximum atomic E-state index is 12.7. The van der Waals surface area contributed by atoms with E-state index in [2.05, 4.69) is 10.3 Å². The van der Waals surface area contributed by atoms with E-state index in [1.165, 1.54) is 11.8 Å².